The molecule has 4 aromatic rings. The van der Waals surface area contributed by atoms with Crippen LogP contribution in [0.3, 0.4) is 0 Å². The Balaban J connectivity index is 1.94. The van der Waals surface area contributed by atoms with Gasteiger partial charge >= 0.3 is 0 Å². The Morgan fingerprint density at radius 2 is 1.87 bits per heavy atom. The van der Waals surface area contributed by atoms with E-state index in [-0.39, 0.29) is 0 Å². The summed E-state index contributed by atoms with van der Waals surface area (Å²) in [5, 5.41) is 1.11. The minimum absolute atomic E-state index is 0.776. The number of ether oxygens (including phenoxy) is 1. The normalized spacial score (nSPS) is 11.2. The third-order valence-electron chi connectivity index (χ3n) is 4.15. The lowest BCUT2D eigenvalue weighted by atomic mass is 10.2. The Bertz CT molecular complexity index is 987. The van der Waals surface area contributed by atoms with Crippen molar-refractivity contribution in [3.8, 4) is 5.75 Å². The molecule has 0 bridgehead atoms. The fourth-order valence-electron chi connectivity index (χ4n) is 3.00. The molecule has 0 unspecified atom stereocenters. The lowest BCUT2D eigenvalue weighted by Crippen LogP contribution is -1.99. The molecule has 0 atom stereocenters. The van der Waals surface area contributed by atoms with Gasteiger partial charge < -0.3 is 15.0 Å². The van der Waals surface area contributed by atoms with E-state index in [0.29, 0.717) is 0 Å². The molecule has 0 aliphatic heterocycles. The Morgan fingerprint density at radius 3 is 2.65 bits per heavy atom. The third-order valence-corrected chi connectivity index (χ3v) is 4.15. The second kappa shape index (κ2) is 5.32. The van der Waals surface area contributed by atoms with Gasteiger partial charge in [-0.15, -0.1) is 0 Å². The number of pyridine rings is 1. The van der Waals surface area contributed by atoms with Gasteiger partial charge in [-0.2, -0.15) is 0 Å². The van der Waals surface area contributed by atoms with E-state index in [1.165, 1.54) is 5.56 Å². The Kier molecular flexibility index (Phi) is 3.15. The topological polar surface area (TPSA) is 53.1 Å². The molecule has 0 radical (unpaired) electrons. The van der Waals surface area contributed by atoms with Crippen LogP contribution in [0.4, 0.5) is 5.69 Å². The minimum Gasteiger partial charge on any atom is -0.497 e. The standard InChI is InChI=1S/C19H17N3O/c1-23-15-8-9-17-16(11-15)19-18(3-2-10-21-19)22(17)12-13-4-6-14(20)7-5-13/h2-11H,12,20H2,1H3. The molecule has 4 rings (SSSR count). The van der Waals surface area contributed by atoms with Crippen LogP contribution in [0.15, 0.2) is 60.8 Å². The molecule has 2 heterocycles. The maximum absolute atomic E-state index is 5.78. The summed E-state index contributed by atoms with van der Waals surface area (Å²) in [6.45, 7) is 0.776. The van der Waals surface area contributed by atoms with Crippen LogP contribution in [0.25, 0.3) is 21.9 Å². The molecule has 0 fully saturated rings. The van der Waals surface area contributed by atoms with Crippen LogP contribution in [0.2, 0.25) is 0 Å². The summed E-state index contributed by atoms with van der Waals surface area (Å²) in [7, 11) is 1.68. The number of rotatable bonds is 3. The zero-order valence-corrected chi connectivity index (χ0v) is 12.9. The maximum atomic E-state index is 5.78. The van der Waals surface area contributed by atoms with Crippen molar-refractivity contribution in [2.45, 2.75) is 6.54 Å². The number of nitrogens with zero attached hydrogens (tertiary/aromatic N) is 2. The van der Waals surface area contributed by atoms with Crippen LogP contribution in [0.1, 0.15) is 5.56 Å². The molecule has 114 valence electrons. The van der Waals surface area contributed by atoms with Crippen LogP contribution in [0, 0.1) is 0 Å². The summed E-state index contributed by atoms with van der Waals surface area (Å²) in [6, 6.07) is 18.2. The molecule has 0 amide bonds. The van der Waals surface area contributed by atoms with Crippen LogP contribution >= 0.6 is 0 Å². The number of aromatic nitrogens is 2. The van der Waals surface area contributed by atoms with Gasteiger partial charge in [-0.1, -0.05) is 12.1 Å². The highest BCUT2D eigenvalue weighted by molar-refractivity contribution is 6.06. The highest BCUT2D eigenvalue weighted by atomic mass is 16.5. The quantitative estimate of drug-likeness (QED) is 0.585. The van der Waals surface area contributed by atoms with Crippen molar-refractivity contribution in [2.24, 2.45) is 0 Å². The van der Waals surface area contributed by atoms with Crippen molar-refractivity contribution >= 4 is 27.6 Å². The van der Waals surface area contributed by atoms with E-state index in [4.69, 9.17) is 10.5 Å². The fraction of sp³-hybridized carbons (Fsp3) is 0.105. The average molecular weight is 303 g/mol. The summed E-state index contributed by atoms with van der Waals surface area (Å²) < 4.78 is 7.64. The molecule has 23 heavy (non-hydrogen) atoms. The molecule has 0 aliphatic carbocycles. The molecule has 0 spiro atoms. The highest BCUT2D eigenvalue weighted by Crippen LogP contribution is 2.31. The van der Waals surface area contributed by atoms with E-state index in [1.54, 1.807) is 7.11 Å². The first-order valence-corrected chi connectivity index (χ1v) is 7.51. The van der Waals surface area contributed by atoms with Gasteiger partial charge in [0.2, 0.25) is 0 Å². The molecular weight excluding hydrogens is 286 g/mol. The number of anilines is 1. The monoisotopic (exact) mass is 303 g/mol. The van der Waals surface area contributed by atoms with Gasteiger partial charge in [0, 0.05) is 23.8 Å². The Hall–Kier alpha value is -3.01. The average Bonchev–Trinajstić information content (AvgIpc) is 2.90. The molecule has 2 N–H and O–H groups in total. The summed E-state index contributed by atoms with van der Waals surface area (Å²) in [6.07, 6.45) is 1.83. The Morgan fingerprint density at radius 1 is 1.04 bits per heavy atom. The SMILES string of the molecule is COc1ccc2c(c1)c1ncccc1n2Cc1ccc(N)cc1. The first kappa shape index (κ1) is 13.6. The smallest absolute Gasteiger partial charge is 0.119 e. The minimum atomic E-state index is 0.776. The van der Waals surface area contributed by atoms with E-state index >= 15 is 0 Å². The van der Waals surface area contributed by atoms with Gasteiger partial charge in [-0.05, 0) is 48.0 Å². The van der Waals surface area contributed by atoms with Crippen molar-refractivity contribution in [3.63, 3.8) is 0 Å². The number of nitrogens with two attached hydrogens (primary N) is 1. The summed E-state index contributed by atoms with van der Waals surface area (Å²) >= 11 is 0. The summed E-state index contributed by atoms with van der Waals surface area (Å²) in [5.74, 6) is 0.842. The first-order valence-electron chi connectivity index (χ1n) is 7.51. The Labute approximate surface area is 134 Å². The van der Waals surface area contributed by atoms with Gasteiger partial charge in [0.05, 0.1) is 23.7 Å². The van der Waals surface area contributed by atoms with E-state index in [1.807, 2.05) is 36.5 Å². The molecule has 2 aromatic heterocycles. The van der Waals surface area contributed by atoms with E-state index < -0.39 is 0 Å². The van der Waals surface area contributed by atoms with Crippen LogP contribution in [0.5, 0.6) is 5.75 Å². The van der Waals surface area contributed by atoms with Gasteiger partial charge in [0.15, 0.2) is 0 Å². The second-order valence-electron chi connectivity index (χ2n) is 5.58. The molecule has 0 saturated carbocycles. The first-order chi connectivity index (χ1) is 11.3. The zero-order valence-electron chi connectivity index (χ0n) is 12.9. The maximum Gasteiger partial charge on any atom is 0.119 e. The molecule has 2 aromatic carbocycles. The van der Waals surface area contributed by atoms with Gasteiger partial charge in [-0.25, -0.2) is 0 Å². The zero-order chi connectivity index (χ0) is 15.8. The van der Waals surface area contributed by atoms with Crippen molar-refractivity contribution in [1.82, 2.24) is 9.55 Å². The number of hydrogen-bond donors (Lipinski definition) is 1. The molecule has 4 nitrogen and oxygen atoms in total. The number of hydrogen-bond acceptors (Lipinski definition) is 3. The number of fused-ring (bicyclic) bond motifs is 3. The van der Waals surface area contributed by atoms with E-state index in [9.17, 15) is 0 Å². The van der Waals surface area contributed by atoms with Gasteiger partial charge in [0.1, 0.15) is 5.75 Å². The number of methoxy groups -OCH3 is 1. The lowest BCUT2D eigenvalue weighted by molar-refractivity contribution is 0.415. The third kappa shape index (κ3) is 2.28. The summed E-state index contributed by atoms with van der Waals surface area (Å²) in [4.78, 5) is 4.56. The highest BCUT2D eigenvalue weighted by Gasteiger charge is 2.12. The van der Waals surface area contributed by atoms with E-state index in [0.717, 1.165) is 39.9 Å². The number of benzene rings is 2. The van der Waals surface area contributed by atoms with Crippen molar-refractivity contribution in [1.29, 1.82) is 0 Å². The largest absolute Gasteiger partial charge is 0.497 e. The lowest BCUT2D eigenvalue weighted by Gasteiger charge is -2.08. The van der Waals surface area contributed by atoms with Crippen LogP contribution in [-0.2, 0) is 6.54 Å². The van der Waals surface area contributed by atoms with Crippen molar-refractivity contribution in [2.75, 3.05) is 12.8 Å². The van der Waals surface area contributed by atoms with Gasteiger partial charge in [0.25, 0.3) is 0 Å². The fourth-order valence-corrected chi connectivity index (χ4v) is 3.00. The summed E-state index contributed by atoms with van der Waals surface area (Å²) in [5.41, 5.74) is 11.0. The molecule has 0 aliphatic rings. The molecule has 4 heteroatoms. The van der Waals surface area contributed by atoms with E-state index in [2.05, 4.69) is 33.8 Å². The van der Waals surface area contributed by atoms with Crippen molar-refractivity contribution < 1.29 is 4.74 Å². The van der Waals surface area contributed by atoms with Crippen molar-refractivity contribution in [3.05, 3.63) is 66.4 Å². The predicted molar refractivity (Wildman–Crippen MR) is 93.7 cm³/mol. The molecular formula is C19H17N3O. The van der Waals surface area contributed by atoms with Crippen LogP contribution < -0.4 is 10.5 Å². The molecule has 0 saturated heterocycles. The van der Waals surface area contributed by atoms with Gasteiger partial charge in [-0.3, -0.25) is 4.98 Å². The van der Waals surface area contributed by atoms with Crippen LogP contribution in [-0.4, -0.2) is 16.7 Å². The number of nitrogen functional groups attached to an aromatic ring is 1. The second-order valence-corrected chi connectivity index (χ2v) is 5.58. The predicted octanol–water partition coefficient (Wildman–Crippen LogP) is 3.83.